The first-order valence-corrected chi connectivity index (χ1v) is 10.2. The van der Waals surface area contributed by atoms with Crippen molar-refractivity contribution >= 4 is 28.7 Å². The summed E-state index contributed by atoms with van der Waals surface area (Å²) in [5.41, 5.74) is 5.44. The normalized spacial score (nSPS) is 10.4. The maximum atomic E-state index is 5.79. The Morgan fingerprint density at radius 1 is 1.03 bits per heavy atom. The first-order chi connectivity index (χ1) is 14.5. The molecule has 0 bridgehead atoms. The number of nitrogens with one attached hydrogen (secondary N) is 1. The van der Waals surface area contributed by atoms with Gasteiger partial charge in [-0.25, -0.2) is 0 Å². The van der Waals surface area contributed by atoms with E-state index in [1.165, 1.54) is 11.3 Å². The van der Waals surface area contributed by atoms with Crippen LogP contribution < -0.4 is 15.0 Å². The van der Waals surface area contributed by atoms with Crippen LogP contribution in [0.2, 0.25) is 0 Å². The Morgan fingerprint density at radius 3 is 2.40 bits per heavy atom. The fraction of sp³-hybridized carbons (Fsp3) is 0.250. The molecule has 0 saturated heterocycles. The molecule has 156 valence electrons. The van der Waals surface area contributed by atoms with Crippen molar-refractivity contribution in [2.45, 2.75) is 20.0 Å². The number of thiocarbonyl (C=S) groups is 1. The number of anilines is 2. The number of methoxy groups -OCH3 is 1. The Hall–Kier alpha value is -3.12. The number of pyridine rings is 1. The minimum Gasteiger partial charge on any atom is -0.495 e. The van der Waals surface area contributed by atoms with E-state index in [0.29, 0.717) is 18.2 Å². The van der Waals surface area contributed by atoms with Crippen LogP contribution in [0.15, 0.2) is 67.0 Å². The standard InChI is InChI=1S/C24H28N4OS/c1-18-7-12-22(23(14-18)29-4)26-24(30)28(17-20-6-5-13-25-15-20)16-19-8-10-21(11-9-19)27(2)3/h5-15H,16-17H2,1-4H3,(H,26,30). The molecule has 0 fully saturated rings. The van der Waals surface area contributed by atoms with Gasteiger partial charge in [0.25, 0.3) is 0 Å². The van der Waals surface area contributed by atoms with E-state index < -0.39 is 0 Å². The van der Waals surface area contributed by atoms with E-state index in [0.717, 1.165) is 22.6 Å². The van der Waals surface area contributed by atoms with E-state index in [2.05, 4.69) is 50.4 Å². The van der Waals surface area contributed by atoms with E-state index in [-0.39, 0.29) is 0 Å². The zero-order chi connectivity index (χ0) is 21.5. The van der Waals surface area contributed by atoms with Crippen LogP contribution in [0.3, 0.4) is 0 Å². The molecule has 1 aromatic heterocycles. The largest absolute Gasteiger partial charge is 0.495 e. The Morgan fingerprint density at radius 2 is 1.77 bits per heavy atom. The van der Waals surface area contributed by atoms with Crippen molar-refractivity contribution in [1.29, 1.82) is 0 Å². The molecule has 1 N–H and O–H groups in total. The second kappa shape index (κ2) is 10.1. The smallest absolute Gasteiger partial charge is 0.174 e. The van der Waals surface area contributed by atoms with E-state index in [1.54, 1.807) is 13.3 Å². The number of aromatic nitrogens is 1. The minimum absolute atomic E-state index is 0.637. The molecule has 0 radical (unpaired) electrons. The first kappa shape index (κ1) is 21.6. The third-order valence-electron chi connectivity index (χ3n) is 4.81. The van der Waals surface area contributed by atoms with E-state index in [4.69, 9.17) is 17.0 Å². The van der Waals surface area contributed by atoms with Crippen molar-refractivity contribution in [3.63, 3.8) is 0 Å². The molecule has 5 nitrogen and oxygen atoms in total. The molecule has 0 saturated carbocycles. The second-order valence-electron chi connectivity index (χ2n) is 7.41. The van der Waals surface area contributed by atoms with Gasteiger partial charge in [0.05, 0.1) is 12.8 Å². The van der Waals surface area contributed by atoms with Crippen molar-refractivity contribution in [2.24, 2.45) is 0 Å². The van der Waals surface area contributed by atoms with Crippen LogP contribution in [0.25, 0.3) is 0 Å². The van der Waals surface area contributed by atoms with Crippen molar-refractivity contribution < 1.29 is 4.74 Å². The summed E-state index contributed by atoms with van der Waals surface area (Å²) < 4.78 is 5.52. The molecular formula is C24H28N4OS. The number of hydrogen-bond acceptors (Lipinski definition) is 4. The number of rotatable bonds is 7. The predicted molar refractivity (Wildman–Crippen MR) is 128 cm³/mol. The summed E-state index contributed by atoms with van der Waals surface area (Å²) in [7, 11) is 5.75. The molecule has 1 heterocycles. The monoisotopic (exact) mass is 420 g/mol. The van der Waals surface area contributed by atoms with Crippen molar-refractivity contribution in [1.82, 2.24) is 9.88 Å². The van der Waals surface area contributed by atoms with Gasteiger partial charge in [-0.1, -0.05) is 24.3 Å². The fourth-order valence-electron chi connectivity index (χ4n) is 3.13. The van der Waals surface area contributed by atoms with Crippen LogP contribution >= 0.6 is 12.2 Å². The average Bonchev–Trinajstić information content (AvgIpc) is 2.75. The van der Waals surface area contributed by atoms with Crippen LogP contribution in [0.4, 0.5) is 11.4 Å². The van der Waals surface area contributed by atoms with Crippen molar-refractivity contribution in [3.05, 3.63) is 83.7 Å². The van der Waals surface area contributed by atoms with Crippen LogP contribution in [0.5, 0.6) is 5.75 Å². The average molecular weight is 421 g/mol. The predicted octanol–water partition coefficient (Wildman–Crippen LogP) is 4.86. The SMILES string of the molecule is COc1cc(C)ccc1NC(=S)N(Cc1ccc(N(C)C)cc1)Cc1cccnc1. The molecule has 0 aliphatic rings. The van der Waals surface area contributed by atoms with Crippen LogP contribution in [-0.4, -0.2) is 36.2 Å². The maximum Gasteiger partial charge on any atom is 0.174 e. The number of benzene rings is 2. The molecule has 0 aliphatic heterocycles. The highest BCUT2D eigenvalue weighted by atomic mass is 32.1. The summed E-state index contributed by atoms with van der Waals surface area (Å²) >= 11 is 5.79. The molecule has 0 spiro atoms. The van der Waals surface area contributed by atoms with Crippen LogP contribution in [-0.2, 0) is 13.1 Å². The lowest BCUT2D eigenvalue weighted by molar-refractivity contribution is 0.408. The summed E-state index contributed by atoms with van der Waals surface area (Å²) in [6, 6.07) is 18.6. The van der Waals surface area contributed by atoms with E-state index in [1.807, 2.05) is 51.5 Å². The van der Waals surface area contributed by atoms with Gasteiger partial charge in [-0.15, -0.1) is 0 Å². The maximum absolute atomic E-state index is 5.79. The molecule has 0 atom stereocenters. The topological polar surface area (TPSA) is 40.6 Å². The molecule has 30 heavy (non-hydrogen) atoms. The van der Waals surface area contributed by atoms with Gasteiger partial charge < -0.3 is 19.9 Å². The molecule has 0 unspecified atom stereocenters. The quantitative estimate of drug-likeness (QED) is 0.550. The highest BCUT2D eigenvalue weighted by Gasteiger charge is 2.14. The lowest BCUT2D eigenvalue weighted by atomic mass is 10.1. The molecule has 3 aromatic rings. The van der Waals surface area contributed by atoms with Gasteiger partial charge in [0.15, 0.2) is 5.11 Å². The Kier molecular flexibility index (Phi) is 7.25. The summed E-state index contributed by atoms with van der Waals surface area (Å²) in [6.45, 7) is 3.38. The van der Waals surface area contributed by atoms with Gasteiger partial charge in [-0.05, 0) is 66.2 Å². The Bertz CT molecular complexity index is 974. The molecule has 2 aromatic carbocycles. The van der Waals surface area contributed by atoms with Crippen molar-refractivity contribution in [2.75, 3.05) is 31.4 Å². The lowest BCUT2D eigenvalue weighted by Gasteiger charge is -2.27. The number of ether oxygens (including phenoxy) is 1. The minimum atomic E-state index is 0.637. The van der Waals surface area contributed by atoms with Gasteiger partial charge in [0.2, 0.25) is 0 Å². The van der Waals surface area contributed by atoms with Gasteiger partial charge in [0.1, 0.15) is 5.75 Å². The van der Waals surface area contributed by atoms with Crippen molar-refractivity contribution in [3.8, 4) is 5.75 Å². The Labute approximate surface area is 184 Å². The summed E-state index contributed by atoms with van der Waals surface area (Å²) in [4.78, 5) is 8.47. The van der Waals surface area contributed by atoms with E-state index >= 15 is 0 Å². The summed E-state index contributed by atoms with van der Waals surface area (Å²) in [5.74, 6) is 0.772. The zero-order valence-electron chi connectivity index (χ0n) is 17.9. The van der Waals surface area contributed by atoms with E-state index in [9.17, 15) is 0 Å². The first-order valence-electron chi connectivity index (χ1n) is 9.82. The number of hydrogen-bond donors (Lipinski definition) is 1. The number of nitrogens with zero attached hydrogens (tertiary/aromatic N) is 3. The zero-order valence-corrected chi connectivity index (χ0v) is 18.7. The molecule has 6 heteroatoms. The highest BCUT2D eigenvalue weighted by molar-refractivity contribution is 7.80. The third-order valence-corrected chi connectivity index (χ3v) is 5.17. The number of aryl methyl sites for hydroxylation is 1. The summed E-state index contributed by atoms with van der Waals surface area (Å²) in [5, 5.41) is 4.00. The van der Waals surface area contributed by atoms with Gasteiger partial charge in [-0.3, -0.25) is 4.98 Å². The molecule has 3 rings (SSSR count). The van der Waals surface area contributed by atoms with Gasteiger partial charge in [-0.2, -0.15) is 0 Å². The van der Waals surface area contributed by atoms with Crippen LogP contribution in [0.1, 0.15) is 16.7 Å². The molecular weight excluding hydrogens is 392 g/mol. The fourth-order valence-corrected chi connectivity index (χ4v) is 3.37. The third kappa shape index (κ3) is 5.70. The molecule has 0 amide bonds. The molecule has 0 aliphatic carbocycles. The van der Waals surface area contributed by atoms with Gasteiger partial charge >= 0.3 is 0 Å². The van der Waals surface area contributed by atoms with Gasteiger partial charge in [0, 0.05) is 45.3 Å². The summed E-state index contributed by atoms with van der Waals surface area (Å²) in [6.07, 6.45) is 3.65. The highest BCUT2D eigenvalue weighted by Crippen LogP contribution is 2.26. The van der Waals surface area contributed by atoms with Crippen LogP contribution in [0, 0.1) is 6.92 Å². The second-order valence-corrected chi connectivity index (χ2v) is 7.80. The lowest BCUT2D eigenvalue weighted by Crippen LogP contribution is -2.34. The Balaban J connectivity index is 1.82.